The molecule has 0 spiro atoms. The molecule has 0 bridgehead atoms. The number of carboxylic acids is 1. The molecular weight excluding hydrogens is 328 g/mol. The topological polar surface area (TPSA) is 95.5 Å². The number of anilines is 2. The number of nitrogens with one attached hydrogen (secondary N) is 2. The summed E-state index contributed by atoms with van der Waals surface area (Å²) in [6, 6.07) is 13.3. The summed E-state index contributed by atoms with van der Waals surface area (Å²) < 4.78 is 0. The first-order valence-corrected chi connectivity index (χ1v) is 8.07. The van der Waals surface area contributed by atoms with Crippen molar-refractivity contribution in [2.24, 2.45) is 0 Å². The minimum atomic E-state index is -1.03. The lowest BCUT2D eigenvalue weighted by Crippen LogP contribution is -2.14. The molecule has 2 amide bonds. The Hall–Kier alpha value is -2.80. The van der Waals surface area contributed by atoms with Crippen LogP contribution < -0.4 is 10.6 Å². The van der Waals surface area contributed by atoms with Gasteiger partial charge < -0.3 is 15.7 Å². The number of carbonyl (C=O) groups excluding carboxylic acids is 2. The summed E-state index contributed by atoms with van der Waals surface area (Å²) >= 11 is 1.15. The third kappa shape index (κ3) is 5.13. The zero-order chi connectivity index (χ0) is 17.5. The number of carboxylic acid groups (broad SMARTS) is 1. The number of hydrogen-bond donors (Lipinski definition) is 3. The second-order valence-corrected chi connectivity index (χ2v) is 5.92. The van der Waals surface area contributed by atoms with Gasteiger partial charge in [0.2, 0.25) is 11.8 Å². The zero-order valence-electron chi connectivity index (χ0n) is 12.9. The van der Waals surface area contributed by atoms with Gasteiger partial charge in [-0.2, -0.15) is 0 Å². The molecule has 0 aliphatic heterocycles. The minimum Gasteiger partial charge on any atom is -0.478 e. The Morgan fingerprint density at radius 3 is 2.33 bits per heavy atom. The van der Waals surface area contributed by atoms with Gasteiger partial charge in [-0.05, 0) is 30.3 Å². The smallest absolute Gasteiger partial charge is 0.336 e. The van der Waals surface area contributed by atoms with E-state index in [-0.39, 0.29) is 23.1 Å². The molecule has 7 heteroatoms. The number of amides is 2. The van der Waals surface area contributed by atoms with E-state index < -0.39 is 5.97 Å². The van der Waals surface area contributed by atoms with Crippen LogP contribution in [0.3, 0.4) is 0 Å². The van der Waals surface area contributed by atoms with Gasteiger partial charge in [0.15, 0.2) is 0 Å². The highest BCUT2D eigenvalue weighted by molar-refractivity contribution is 8.00. The Labute approximate surface area is 143 Å². The first-order chi connectivity index (χ1) is 11.5. The van der Waals surface area contributed by atoms with Crippen molar-refractivity contribution in [1.82, 2.24) is 0 Å². The molecule has 0 atom stereocenters. The summed E-state index contributed by atoms with van der Waals surface area (Å²) in [7, 11) is 0. The first kappa shape index (κ1) is 17.6. The van der Waals surface area contributed by atoms with Crippen LogP contribution in [0, 0.1) is 0 Å². The fourth-order valence-corrected chi connectivity index (χ4v) is 2.83. The van der Waals surface area contributed by atoms with E-state index in [1.807, 2.05) is 0 Å². The average Bonchev–Trinajstić information content (AvgIpc) is 2.53. The Morgan fingerprint density at radius 2 is 1.67 bits per heavy atom. The normalized spacial score (nSPS) is 10.0. The first-order valence-electron chi connectivity index (χ1n) is 7.08. The standard InChI is InChI=1S/C17H16N2O4S/c1-11(20)18-12-5-4-6-13(9-12)19-16(21)10-24-15-8-3-2-7-14(15)17(22)23/h2-9H,10H2,1H3,(H,18,20)(H,19,21)(H,22,23). The molecule has 2 aromatic rings. The predicted molar refractivity (Wildman–Crippen MR) is 93.5 cm³/mol. The van der Waals surface area contributed by atoms with E-state index in [2.05, 4.69) is 10.6 Å². The van der Waals surface area contributed by atoms with Crippen LogP contribution in [0.5, 0.6) is 0 Å². The fraction of sp³-hybridized carbons (Fsp3) is 0.118. The minimum absolute atomic E-state index is 0.0780. The molecule has 2 rings (SSSR count). The molecule has 0 aliphatic carbocycles. The van der Waals surface area contributed by atoms with Crippen molar-refractivity contribution in [1.29, 1.82) is 0 Å². The van der Waals surface area contributed by atoms with Crippen molar-refractivity contribution in [3.8, 4) is 0 Å². The molecule has 0 radical (unpaired) electrons. The highest BCUT2D eigenvalue weighted by atomic mass is 32.2. The van der Waals surface area contributed by atoms with E-state index in [9.17, 15) is 14.4 Å². The second-order valence-electron chi connectivity index (χ2n) is 4.90. The number of thioether (sulfide) groups is 1. The van der Waals surface area contributed by atoms with Gasteiger partial charge in [-0.25, -0.2) is 4.79 Å². The lowest BCUT2D eigenvalue weighted by Gasteiger charge is -2.08. The Morgan fingerprint density at radius 1 is 1.00 bits per heavy atom. The van der Waals surface area contributed by atoms with Crippen LogP contribution in [0.1, 0.15) is 17.3 Å². The lowest BCUT2D eigenvalue weighted by molar-refractivity contribution is -0.114. The molecular formula is C17H16N2O4S. The van der Waals surface area contributed by atoms with Crippen molar-refractivity contribution >= 4 is 40.9 Å². The average molecular weight is 344 g/mol. The molecule has 6 nitrogen and oxygen atoms in total. The monoisotopic (exact) mass is 344 g/mol. The van der Waals surface area contributed by atoms with Crippen molar-refractivity contribution in [2.45, 2.75) is 11.8 Å². The number of rotatable bonds is 6. The molecule has 0 saturated carbocycles. The molecule has 0 unspecified atom stereocenters. The predicted octanol–water partition coefficient (Wildman–Crippen LogP) is 3.07. The maximum atomic E-state index is 12.0. The Balaban J connectivity index is 1.97. The van der Waals surface area contributed by atoms with Crippen LogP contribution in [-0.4, -0.2) is 28.6 Å². The Bertz CT molecular complexity index is 777. The summed E-state index contributed by atoms with van der Waals surface area (Å²) in [5, 5.41) is 14.5. The summed E-state index contributed by atoms with van der Waals surface area (Å²) in [4.78, 5) is 34.7. The summed E-state index contributed by atoms with van der Waals surface area (Å²) in [5.41, 5.74) is 1.31. The van der Waals surface area contributed by atoms with E-state index >= 15 is 0 Å². The van der Waals surface area contributed by atoms with Gasteiger partial charge >= 0.3 is 5.97 Å². The van der Waals surface area contributed by atoms with Crippen LogP contribution in [0.15, 0.2) is 53.4 Å². The van der Waals surface area contributed by atoms with Crippen molar-refractivity contribution in [3.63, 3.8) is 0 Å². The van der Waals surface area contributed by atoms with E-state index in [0.717, 1.165) is 11.8 Å². The summed E-state index contributed by atoms with van der Waals surface area (Å²) in [6.07, 6.45) is 0. The summed E-state index contributed by atoms with van der Waals surface area (Å²) in [5.74, 6) is -1.41. The molecule has 0 heterocycles. The third-order valence-electron chi connectivity index (χ3n) is 2.94. The molecule has 0 saturated heterocycles. The van der Waals surface area contributed by atoms with Crippen LogP contribution in [0.4, 0.5) is 11.4 Å². The molecule has 0 aliphatic rings. The van der Waals surface area contributed by atoms with Crippen LogP contribution in [-0.2, 0) is 9.59 Å². The molecule has 24 heavy (non-hydrogen) atoms. The number of hydrogen-bond acceptors (Lipinski definition) is 4. The van der Waals surface area contributed by atoms with E-state index in [4.69, 9.17) is 5.11 Å². The molecule has 124 valence electrons. The highest BCUT2D eigenvalue weighted by Gasteiger charge is 2.11. The van der Waals surface area contributed by atoms with Gasteiger partial charge in [0.25, 0.3) is 0 Å². The van der Waals surface area contributed by atoms with Crippen molar-refractivity contribution in [3.05, 3.63) is 54.1 Å². The second kappa shape index (κ2) is 8.16. The van der Waals surface area contributed by atoms with Gasteiger partial charge in [0.05, 0.1) is 11.3 Å². The SMILES string of the molecule is CC(=O)Nc1cccc(NC(=O)CSc2ccccc2C(=O)O)c1. The number of carbonyl (C=O) groups is 3. The zero-order valence-corrected chi connectivity index (χ0v) is 13.7. The molecule has 2 aromatic carbocycles. The van der Waals surface area contributed by atoms with E-state index in [1.54, 1.807) is 42.5 Å². The molecule has 3 N–H and O–H groups in total. The van der Waals surface area contributed by atoms with Gasteiger partial charge in [-0.1, -0.05) is 18.2 Å². The number of benzene rings is 2. The quantitative estimate of drug-likeness (QED) is 0.700. The molecule has 0 aromatic heterocycles. The molecule has 0 fully saturated rings. The maximum absolute atomic E-state index is 12.0. The van der Waals surface area contributed by atoms with Crippen molar-refractivity contribution in [2.75, 3.05) is 16.4 Å². The van der Waals surface area contributed by atoms with Gasteiger partial charge in [0.1, 0.15) is 0 Å². The fourth-order valence-electron chi connectivity index (χ4n) is 1.99. The van der Waals surface area contributed by atoms with Gasteiger partial charge in [-0.15, -0.1) is 11.8 Å². The van der Waals surface area contributed by atoms with Gasteiger partial charge in [-0.3, -0.25) is 9.59 Å². The van der Waals surface area contributed by atoms with Crippen molar-refractivity contribution < 1.29 is 19.5 Å². The van der Waals surface area contributed by atoms with Crippen LogP contribution in [0.25, 0.3) is 0 Å². The summed E-state index contributed by atoms with van der Waals surface area (Å²) in [6.45, 7) is 1.40. The van der Waals surface area contributed by atoms with Crippen LogP contribution in [0.2, 0.25) is 0 Å². The lowest BCUT2D eigenvalue weighted by atomic mass is 10.2. The largest absolute Gasteiger partial charge is 0.478 e. The van der Waals surface area contributed by atoms with Gasteiger partial charge in [0, 0.05) is 23.2 Å². The third-order valence-corrected chi connectivity index (χ3v) is 4.02. The Kier molecular flexibility index (Phi) is 5.97. The maximum Gasteiger partial charge on any atom is 0.336 e. The van der Waals surface area contributed by atoms with E-state index in [0.29, 0.717) is 16.3 Å². The van der Waals surface area contributed by atoms with Crippen LogP contribution >= 0.6 is 11.8 Å². The number of aromatic carboxylic acids is 1. The van der Waals surface area contributed by atoms with E-state index in [1.165, 1.54) is 13.0 Å². The highest BCUT2D eigenvalue weighted by Crippen LogP contribution is 2.23.